The minimum atomic E-state index is -0.573. The summed E-state index contributed by atoms with van der Waals surface area (Å²) in [5.74, 6) is -0.573. The molecule has 0 aliphatic carbocycles. The normalized spacial score (nSPS) is 9.20. The molecule has 10 heavy (non-hydrogen) atoms. The van der Waals surface area contributed by atoms with Gasteiger partial charge in [0.2, 0.25) is 0 Å². The van der Waals surface area contributed by atoms with Crippen molar-refractivity contribution in [1.29, 1.82) is 5.41 Å². The van der Waals surface area contributed by atoms with Crippen molar-refractivity contribution in [2.75, 3.05) is 0 Å². The molecule has 3 nitrogen and oxygen atoms in total. The van der Waals surface area contributed by atoms with E-state index in [9.17, 15) is 5.11 Å². The smallest absolute Gasteiger partial charge is 0.176 e. The van der Waals surface area contributed by atoms with Crippen LogP contribution in [0.2, 0.25) is 0 Å². The molecular formula is C7H8N2O. The van der Waals surface area contributed by atoms with Gasteiger partial charge < -0.3 is 10.5 Å². The van der Waals surface area contributed by atoms with Gasteiger partial charge in [0.25, 0.3) is 0 Å². The van der Waals surface area contributed by atoms with Crippen molar-refractivity contribution < 1.29 is 9.67 Å². The van der Waals surface area contributed by atoms with Crippen molar-refractivity contribution >= 4 is 5.90 Å². The van der Waals surface area contributed by atoms with Gasteiger partial charge in [-0.05, 0) is 0 Å². The van der Waals surface area contributed by atoms with Crippen LogP contribution in [0.4, 0.5) is 0 Å². The number of hydrogen-bond donors (Lipinski definition) is 1. The summed E-state index contributed by atoms with van der Waals surface area (Å²) in [5.41, 5.74) is 0. The van der Waals surface area contributed by atoms with Crippen LogP contribution in [0.5, 0.6) is 0 Å². The standard InChI is InChI=1S/C7H8N2O/c8-7(10)6-9-4-2-1-3-5-9/h1-5H,6H2,(H-,8,10). The molecule has 0 aromatic carbocycles. The van der Waals surface area contributed by atoms with Gasteiger partial charge in [-0.2, -0.15) is 0 Å². The molecule has 1 aromatic rings. The third-order valence-electron chi connectivity index (χ3n) is 1.10. The minimum absolute atomic E-state index is 0.140. The first kappa shape index (κ1) is 6.74. The minimum Gasteiger partial charge on any atom is -0.858 e. The van der Waals surface area contributed by atoms with Crippen LogP contribution in [0.25, 0.3) is 0 Å². The fourth-order valence-electron chi connectivity index (χ4n) is 0.706. The average molecular weight is 136 g/mol. The maximum Gasteiger partial charge on any atom is 0.176 e. The second kappa shape index (κ2) is 2.96. The molecule has 0 bridgehead atoms. The van der Waals surface area contributed by atoms with Crippen LogP contribution in [0.15, 0.2) is 30.6 Å². The van der Waals surface area contributed by atoms with E-state index in [-0.39, 0.29) is 6.54 Å². The second-order valence-electron chi connectivity index (χ2n) is 1.97. The number of nitrogens with zero attached hydrogens (tertiary/aromatic N) is 1. The Morgan fingerprint density at radius 2 is 1.90 bits per heavy atom. The van der Waals surface area contributed by atoms with Gasteiger partial charge in [-0.15, -0.1) is 0 Å². The number of pyridine rings is 1. The molecule has 0 saturated heterocycles. The molecular weight excluding hydrogens is 128 g/mol. The van der Waals surface area contributed by atoms with Crippen LogP contribution >= 0.6 is 0 Å². The molecule has 0 amide bonds. The molecule has 1 heterocycles. The Kier molecular flexibility index (Phi) is 1.99. The summed E-state index contributed by atoms with van der Waals surface area (Å²) in [5, 5.41) is 16.9. The van der Waals surface area contributed by atoms with Crippen LogP contribution < -0.4 is 9.67 Å². The van der Waals surface area contributed by atoms with Gasteiger partial charge in [-0.25, -0.2) is 4.57 Å². The Morgan fingerprint density at radius 3 is 2.40 bits per heavy atom. The van der Waals surface area contributed by atoms with E-state index in [4.69, 9.17) is 5.41 Å². The fraction of sp³-hybridized carbons (Fsp3) is 0.143. The lowest BCUT2D eigenvalue weighted by Gasteiger charge is -2.00. The Labute approximate surface area is 59.1 Å². The summed E-state index contributed by atoms with van der Waals surface area (Å²) in [6.07, 6.45) is 3.51. The van der Waals surface area contributed by atoms with Crippen LogP contribution in [0.1, 0.15) is 0 Å². The lowest BCUT2D eigenvalue weighted by atomic mass is 10.5. The molecule has 0 radical (unpaired) electrons. The second-order valence-corrected chi connectivity index (χ2v) is 1.97. The molecule has 0 aliphatic heterocycles. The number of nitrogens with one attached hydrogen (secondary N) is 1. The number of rotatable bonds is 2. The predicted octanol–water partition coefficient (Wildman–Crippen LogP) is -0.688. The number of aromatic nitrogens is 1. The van der Waals surface area contributed by atoms with Crippen LogP contribution in [-0.4, -0.2) is 5.90 Å². The Bertz CT molecular complexity index is 220. The summed E-state index contributed by atoms with van der Waals surface area (Å²) >= 11 is 0. The van der Waals surface area contributed by atoms with Crippen molar-refractivity contribution in [3.05, 3.63) is 30.6 Å². The highest BCUT2D eigenvalue weighted by molar-refractivity contribution is 5.65. The zero-order chi connectivity index (χ0) is 7.40. The third kappa shape index (κ3) is 1.85. The van der Waals surface area contributed by atoms with Gasteiger partial charge in [0.15, 0.2) is 18.9 Å². The summed E-state index contributed by atoms with van der Waals surface area (Å²) in [7, 11) is 0. The summed E-state index contributed by atoms with van der Waals surface area (Å²) in [4.78, 5) is 0. The lowest BCUT2D eigenvalue weighted by molar-refractivity contribution is -0.687. The molecule has 0 spiro atoms. The molecule has 0 atom stereocenters. The molecule has 1 aromatic heterocycles. The van der Waals surface area contributed by atoms with Crippen molar-refractivity contribution in [2.24, 2.45) is 0 Å². The molecule has 1 rings (SSSR count). The van der Waals surface area contributed by atoms with Gasteiger partial charge in [0.05, 0.1) is 0 Å². The molecule has 3 heteroatoms. The zero-order valence-corrected chi connectivity index (χ0v) is 5.45. The highest BCUT2D eigenvalue weighted by atomic mass is 16.3. The maximum absolute atomic E-state index is 10.3. The Hall–Kier alpha value is -1.38. The van der Waals surface area contributed by atoms with E-state index in [2.05, 4.69) is 0 Å². The lowest BCUT2D eigenvalue weighted by Crippen LogP contribution is -2.40. The average Bonchev–Trinajstić information content (AvgIpc) is 1.88. The monoisotopic (exact) mass is 136 g/mol. The molecule has 0 saturated carbocycles. The topological polar surface area (TPSA) is 50.8 Å². The third-order valence-corrected chi connectivity index (χ3v) is 1.10. The van der Waals surface area contributed by atoms with E-state index in [0.717, 1.165) is 0 Å². The molecule has 0 fully saturated rings. The van der Waals surface area contributed by atoms with E-state index in [1.165, 1.54) is 0 Å². The SMILES string of the molecule is N=C([O-])C[n+]1ccccc1. The summed E-state index contributed by atoms with van der Waals surface area (Å²) < 4.78 is 1.66. The predicted molar refractivity (Wildman–Crippen MR) is 34.4 cm³/mol. The van der Waals surface area contributed by atoms with Gasteiger partial charge >= 0.3 is 0 Å². The zero-order valence-electron chi connectivity index (χ0n) is 5.45. The first-order valence-corrected chi connectivity index (χ1v) is 2.97. The molecule has 0 unspecified atom stereocenters. The van der Waals surface area contributed by atoms with Crippen LogP contribution in [0.3, 0.4) is 0 Å². The highest BCUT2D eigenvalue weighted by Crippen LogP contribution is 1.75. The van der Waals surface area contributed by atoms with E-state index in [0.29, 0.717) is 0 Å². The van der Waals surface area contributed by atoms with Gasteiger partial charge in [0, 0.05) is 18.0 Å². The molecule has 1 N–H and O–H groups in total. The molecule has 0 aliphatic rings. The molecule has 52 valence electrons. The van der Waals surface area contributed by atoms with Crippen LogP contribution in [-0.2, 0) is 6.54 Å². The fourth-order valence-corrected chi connectivity index (χ4v) is 0.706. The van der Waals surface area contributed by atoms with Gasteiger partial charge in [-0.3, -0.25) is 0 Å². The van der Waals surface area contributed by atoms with E-state index >= 15 is 0 Å². The van der Waals surface area contributed by atoms with Crippen LogP contribution in [0, 0.1) is 5.41 Å². The number of hydrogen-bond acceptors (Lipinski definition) is 2. The first-order chi connectivity index (χ1) is 4.79. The maximum atomic E-state index is 10.3. The quantitative estimate of drug-likeness (QED) is 0.326. The van der Waals surface area contributed by atoms with Crippen molar-refractivity contribution in [1.82, 2.24) is 0 Å². The van der Waals surface area contributed by atoms with E-state index in [1.807, 2.05) is 18.2 Å². The summed E-state index contributed by atoms with van der Waals surface area (Å²) in [6.45, 7) is 0.140. The van der Waals surface area contributed by atoms with Crippen molar-refractivity contribution in [2.45, 2.75) is 6.54 Å². The first-order valence-electron chi connectivity index (χ1n) is 2.97. The van der Waals surface area contributed by atoms with Crippen molar-refractivity contribution in [3.8, 4) is 0 Å². The van der Waals surface area contributed by atoms with Crippen molar-refractivity contribution in [3.63, 3.8) is 0 Å². The highest BCUT2D eigenvalue weighted by Gasteiger charge is 1.92. The summed E-state index contributed by atoms with van der Waals surface area (Å²) in [6, 6.07) is 5.51. The van der Waals surface area contributed by atoms with Gasteiger partial charge in [-0.1, -0.05) is 6.07 Å². The van der Waals surface area contributed by atoms with Gasteiger partial charge in [0.1, 0.15) is 0 Å². The largest absolute Gasteiger partial charge is 0.858 e. The Balaban J connectivity index is 2.67. The van der Waals surface area contributed by atoms with E-state index < -0.39 is 5.90 Å². The van der Waals surface area contributed by atoms with E-state index in [1.54, 1.807) is 17.0 Å². The Morgan fingerprint density at radius 1 is 1.30 bits per heavy atom.